The van der Waals surface area contributed by atoms with E-state index in [0.29, 0.717) is 24.2 Å². The molecule has 0 bridgehead atoms. The van der Waals surface area contributed by atoms with Crippen molar-refractivity contribution in [1.82, 2.24) is 10.2 Å². The van der Waals surface area contributed by atoms with Crippen molar-refractivity contribution in [3.05, 3.63) is 35.4 Å². The van der Waals surface area contributed by atoms with Crippen molar-refractivity contribution in [2.24, 2.45) is 0 Å². The Kier molecular flexibility index (Phi) is 3.28. The minimum absolute atomic E-state index is 0.136. The van der Waals surface area contributed by atoms with E-state index in [1.807, 2.05) is 6.07 Å². The van der Waals surface area contributed by atoms with Crippen molar-refractivity contribution < 1.29 is 9.59 Å². The molecule has 1 aliphatic rings. The van der Waals surface area contributed by atoms with Crippen molar-refractivity contribution in [2.45, 2.75) is 13.0 Å². The minimum atomic E-state index is -0.457. The maximum absolute atomic E-state index is 12.2. The van der Waals surface area contributed by atoms with Gasteiger partial charge in [0.15, 0.2) is 0 Å². The zero-order valence-corrected chi connectivity index (χ0v) is 10.0. The average molecular weight is 243 g/mol. The Morgan fingerprint density at radius 2 is 2.11 bits per heavy atom. The molecule has 2 rings (SSSR count). The number of nitrogens with one attached hydrogen (secondary N) is 1. The summed E-state index contributed by atoms with van der Waals surface area (Å²) in [7, 11) is 0. The molecule has 0 radical (unpaired) electrons. The van der Waals surface area contributed by atoms with Gasteiger partial charge < -0.3 is 10.2 Å². The molecule has 1 aliphatic heterocycles. The lowest BCUT2D eigenvalue weighted by molar-refractivity contribution is -0.127. The highest BCUT2D eigenvalue weighted by atomic mass is 16.2. The number of hydrogen-bond donors (Lipinski definition) is 1. The first kappa shape index (κ1) is 12.1. The third-order valence-corrected chi connectivity index (χ3v) is 3.02. The largest absolute Gasteiger partial charge is 0.353 e. The summed E-state index contributed by atoms with van der Waals surface area (Å²) >= 11 is 0. The van der Waals surface area contributed by atoms with Gasteiger partial charge in [-0.05, 0) is 31.2 Å². The second kappa shape index (κ2) is 4.88. The summed E-state index contributed by atoms with van der Waals surface area (Å²) in [5.74, 6) is -0.315. The molecule has 18 heavy (non-hydrogen) atoms. The Hall–Kier alpha value is -2.35. The van der Waals surface area contributed by atoms with E-state index in [4.69, 9.17) is 5.26 Å². The summed E-state index contributed by atoms with van der Waals surface area (Å²) in [6.45, 7) is 2.69. The SMILES string of the molecule is CC1C(=O)NCCN1C(=O)c1ccc(C#N)cc1. The molecule has 1 heterocycles. The van der Waals surface area contributed by atoms with E-state index in [0.717, 1.165) is 0 Å². The van der Waals surface area contributed by atoms with Gasteiger partial charge in [0.2, 0.25) is 5.91 Å². The molecule has 0 spiro atoms. The predicted molar refractivity (Wildman–Crippen MR) is 64.7 cm³/mol. The van der Waals surface area contributed by atoms with E-state index in [1.54, 1.807) is 36.1 Å². The number of benzene rings is 1. The van der Waals surface area contributed by atoms with Gasteiger partial charge in [-0.3, -0.25) is 9.59 Å². The number of piperazine rings is 1. The van der Waals surface area contributed by atoms with Crippen LogP contribution in [-0.4, -0.2) is 35.8 Å². The molecule has 0 aliphatic carbocycles. The number of nitrogens with zero attached hydrogens (tertiary/aromatic N) is 2. The first-order valence-corrected chi connectivity index (χ1v) is 5.72. The van der Waals surface area contributed by atoms with E-state index in [1.165, 1.54) is 0 Å². The molecule has 1 unspecified atom stereocenters. The number of amides is 2. The summed E-state index contributed by atoms with van der Waals surface area (Å²) in [5.41, 5.74) is 1.01. The molecular formula is C13H13N3O2. The standard InChI is InChI=1S/C13H13N3O2/c1-9-12(17)15-6-7-16(9)13(18)11-4-2-10(8-14)3-5-11/h2-5,9H,6-7H2,1H3,(H,15,17). The van der Waals surface area contributed by atoms with Crippen molar-refractivity contribution in [2.75, 3.05) is 13.1 Å². The average Bonchev–Trinajstić information content (AvgIpc) is 2.41. The van der Waals surface area contributed by atoms with E-state index in [9.17, 15) is 9.59 Å². The van der Waals surface area contributed by atoms with Gasteiger partial charge in [0, 0.05) is 18.7 Å². The Morgan fingerprint density at radius 3 is 2.72 bits per heavy atom. The fourth-order valence-corrected chi connectivity index (χ4v) is 1.91. The number of rotatable bonds is 1. The van der Waals surface area contributed by atoms with Crippen LogP contribution in [0.2, 0.25) is 0 Å². The molecule has 1 fully saturated rings. The van der Waals surface area contributed by atoms with Crippen LogP contribution in [0.1, 0.15) is 22.8 Å². The summed E-state index contributed by atoms with van der Waals surface area (Å²) in [4.78, 5) is 25.3. The third-order valence-electron chi connectivity index (χ3n) is 3.02. The van der Waals surface area contributed by atoms with Gasteiger partial charge in [-0.2, -0.15) is 5.26 Å². The van der Waals surface area contributed by atoms with Gasteiger partial charge in [0.25, 0.3) is 5.91 Å². The fraction of sp³-hybridized carbons (Fsp3) is 0.308. The molecule has 1 aromatic rings. The first-order chi connectivity index (χ1) is 8.63. The molecule has 2 amide bonds. The van der Waals surface area contributed by atoms with Crippen LogP contribution >= 0.6 is 0 Å². The van der Waals surface area contributed by atoms with E-state index in [-0.39, 0.29) is 11.8 Å². The third kappa shape index (κ3) is 2.18. The second-order valence-corrected chi connectivity index (χ2v) is 4.15. The fourth-order valence-electron chi connectivity index (χ4n) is 1.91. The highest BCUT2D eigenvalue weighted by Crippen LogP contribution is 2.11. The Labute approximate surface area is 105 Å². The molecule has 0 saturated carbocycles. The lowest BCUT2D eigenvalue weighted by atomic mass is 10.1. The van der Waals surface area contributed by atoms with Crippen LogP contribution in [0, 0.1) is 11.3 Å². The van der Waals surface area contributed by atoms with Gasteiger partial charge in [-0.25, -0.2) is 0 Å². The number of hydrogen-bond acceptors (Lipinski definition) is 3. The highest BCUT2D eigenvalue weighted by molar-refractivity contribution is 5.98. The highest BCUT2D eigenvalue weighted by Gasteiger charge is 2.29. The lowest BCUT2D eigenvalue weighted by Gasteiger charge is -2.32. The summed E-state index contributed by atoms with van der Waals surface area (Å²) in [6.07, 6.45) is 0. The molecule has 1 atom stereocenters. The van der Waals surface area contributed by atoms with Crippen LogP contribution in [-0.2, 0) is 4.79 Å². The molecule has 0 aromatic heterocycles. The molecular weight excluding hydrogens is 230 g/mol. The summed E-state index contributed by atoms with van der Waals surface area (Å²) < 4.78 is 0. The number of carbonyl (C=O) groups excluding carboxylic acids is 2. The van der Waals surface area contributed by atoms with Crippen molar-refractivity contribution in [3.8, 4) is 6.07 Å². The van der Waals surface area contributed by atoms with Gasteiger partial charge in [-0.1, -0.05) is 0 Å². The van der Waals surface area contributed by atoms with Gasteiger partial charge in [0.1, 0.15) is 6.04 Å². The Bertz CT molecular complexity index is 516. The van der Waals surface area contributed by atoms with Crippen LogP contribution < -0.4 is 5.32 Å². The van der Waals surface area contributed by atoms with Crippen LogP contribution in [0.4, 0.5) is 0 Å². The molecule has 92 valence electrons. The molecule has 5 nitrogen and oxygen atoms in total. The maximum Gasteiger partial charge on any atom is 0.254 e. The van der Waals surface area contributed by atoms with Gasteiger partial charge >= 0.3 is 0 Å². The molecule has 1 aromatic carbocycles. The Morgan fingerprint density at radius 1 is 1.44 bits per heavy atom. The maximum atomic E-state index is 12.2. The van der Waals surface area contributed by atoms with Crippen LogP contribution in [0.15, 0.2) is 24.3 Å². The predicted octanol–water partition coefficient (Wildman–Crippen LogP) is 0.519. The van der Waals surface area contributed by atoms with Crippen molar-refractivity contribution in [1.29, 1.82) is 5.26 Å². The van der Waals surface area contributed by atoms with Crippen molar-refractivity contribution >= 4 is 11.8 Å². The topological polar surface area (TPSA) is 73.2 Å². The second-order valence-electron chi connectivity index (χ2n) is 4.15. The summed E-state index contributed by atoms with van der Waals surface area (Å²) in [6, 6.07) is 7.96. The van der Waals surface area contributed by atoms with E-state index >= 15 is 0 Å². The van der Waals surface area contributed by atoms with Gasteiger partial charge in [0.05, 0.1) is 11.6 Å². The van der Waals surface area contributed by atoms with E-state index in [2.05, 4.69) is 5.32 Å². The normalized spacial score (nSPS) is 19.0. The molecule has 5 heteroatoms. The first-order valence-electron chi connectivity index (χ1n) is 5.72. The lowest BCUT2D eigenvalue weighted by Crippen LogP contribution is -2.55. The van der Waals surface area contributed by atoms with Gasteiger partial charge in [-0.15, -0.1) is 0 Å². The number of carbonyl (C=O) groups is 2. The quantitative estimate of drug-likeness (QED) is 0.781. The molecule has 1 N–H and O–H groups in total. The minimum Gasteiger partial charge on any atom is -0.353 e. The summed E-state index contributed by atoms with van der Waals surface area (Å²) in [5, 5.41) is 11.4. The monoisotopic (exact) mass is 243 g/mol. The van der Waals surface area contributed by atoms with Crippen LogP contribution in [0.3, 0.4) is 0 Å². The molecule has 1 saturated heterocycles. The Balaban J connectivity index is 2.20. The van der Waals surface area contributed by atoms with Crippen LogP contribution in [0.25, 0.3) is 0 Å². The zero-order chi connectivity index (χ0) is 13.1. The zero-order valence-electron chi connectivity index (χ0n) is 10.0. The number of nitriles is 1. The van der Waals surface area contributed by atoms with Crippen LogP contribution in [0.5, 0.6) is 0 Å². The van der Waals surface area contributed by atoms with E-state index < -0.39 is 6.04 Å². The smallest absolute Gasteiger partial charge is 0.254 e. The van der Waals surface area contributed by atoms with Crippen molar-refractivity contribution in [3.63, 3.8) is 0 Å².